The molecule has 0 saturated heterocycles. The lowest BCUT2D eigenvalue weighted by Gasteiger charge is -2.09. The molecule has 1 aliphatic heterocycles. The van der Waals surface area contributed by atoms with Crippen LogP contribution < -0.4 is 10.8 Å². The van der Waals surface area contributed by atoms with Crippen molar-refractivity contribution in [3.63, 3.8) is 0 Å². The number of carbonyl (C=O) groups is 1. The van der Waals surface area contributed by atoms with Gasteiger partial charge in [-0.2, -0.15) is 5.10 Å². The smallest absolute Gasteiger partial charge is 0.235 e. The summed E-state index contributed by atoms with van der Waals surface area (Å²) in [6.45, 7) is 0. The molecule has 22 heavy (non-hydrogen) atoms. The molecule has 1 fully saturated rings. The minimum atomic E-state index is -0.366. The number of amides is 1. The minimum Gasteiger partial charge on any atom is -0.325 e. The lowest BCUT2D eigenvalue weighted by Crippen LogP contribution is -2.21. The largest absolute Gasteiger partial charge is 0.325 e. The summed E-state index contributed by atoms with van der Waals surface area (Å²) in [7, 11) is 2.07. The Morgan fingerprint density at radius 1 is 1.23 bits per heavy atom. The molecule has 4 nitrogen and oxygen atoms in total. The van der Waals surface area contributed by atoms with Crippen molar-refractivity contribution in [1.82, 2.24) is 10.2 Å². The van der Waals surface area contributed by atoms with E-state index >= 15 is 0 Å². The summed E-state index contributed by atoms with van der Waals surface area (Å²) in [5, 5.41) is 11.2. The van der Waals surface area contributed by atoms with Gasteiger partial charge in [-0.3, -0.25) is 9.89 Å². The summed E-state index contributed by atoms with van der Waals surface area (Å²) in [4.78, 5) is 12.6. The third kappa shape index (κ3) is 1.38. The Balaban J connectivity index is 1.63. The number of hydrogen-bond acceptors (Lipinski definition) is 2. The maximum atomic E-state index is 12.6. The van der Waals surface area contributed by atoms with Gasteiger partial charge in [-0.1, -0.05) is 29.7 Å². The van der Waals surface area contributed by atoms with Gasteiger partial charge in [0.25, 0.3) is 0 Å². The minimum absolute atomic E-state index is 0.141. The first-order valence-electron chi connectivity index (χ1n) is 7.54. The van der Waals surface area contributed by atoms with Crippen LogP contribution in [0.3, 0.4) is 0 Å². The van der Waals surface area contributed by atoms with Crippen molar-refractivity contribution < 1.29 is 4.79 Å². The highest BCUT2D eigenvalue weighted by Crippen LogP contribution is 2.64. The molecule has 1 amide bonds. The van der Waals surface area contributed by atoms with Gasteiger partial charge in [-0.15, -0.1) is 0 Å². The molecule has 1 saturated carbocycles. The highest BCUT2D eigenvalue weighted by Gasteiger charge is 2.65. The Morgan fingerprint density at radius 3 is 3.05 bits per heavy atom. The van der Waals surface area contributed by atoms with Crippen molar-refractivity contribution in [2.45, 2.75) is 17.8 Å². The number of fused-ring (bicyclic) bond motifs is 3. The van der Waals surface area contributed by atoms with Gasteiger partial charge in [0.2, 0.25) is 5.91 Å². The van der Waals surface area contributed by atoms with E-state index in [2.05, 4.69) is 47.6 Å². The van der Waals surface area contributed by atoms with Crippen LogP contribution in [-0.4, -0.2) is 24.0 Å². The predicted octanol–water partition coefficient (Wildman–Crippen LogP) is 1.20. The molecule has 1 spiro atoms. The zero-order valence-electron chi connectivity index (χ0n) is 12.2. The van der Waals surface area contributed by atoms with E-state index in [9.17, 15) is 4.79 Å². The van der Waals surface area contributed by atoms with Gasteiger partial charge in [-0.05, 0) is 29.7 Å². The molecular weight excluding hydrogens is 273 g/mol. The second-order valence-corrected chi connectivity index (χ2v) is 6.45. The number of benzene rings is 2. The Labute approximate surface area is 128 Å². The van der Waals surface area contributed by atoms with Crippen molar-refractivity contribution in [1.29, 1.82) is 0 Å². The van der Waals surface area contributed by atoms with Crippen LogP contribution >= 0.6 is 0 Å². The molecule has 2 aromatic carbocycles. The van der Waals surface area contributed by atoms with Crippen LogP contribution in [0.2, 0.25) is 0 Å². The number of rotatable bonds is 1. The van der Waals surface area contributed by atoms with E-state index in [0.717, 1.165) is 28.6 Å². The molecule has 1 aliphatic carbocycles. The van der Waals surface area contributed by atoms with E-state index in [1.54, 1.807) is 0 Å². The van der Waals surface area contributed by atoms with Crippen LogP contribution in [0.5, 0.6) is 0 Å². The Bertz CT molecular complexity index is 948. The number of hydrogen-bond donors (Lipinski definition) is 2. The van der Waals surface area contributed by atoms with Gasteiger partial charge < -0.3 is 5.32 Å². The van der Waals surface area contributed by atoms with E-state index in [0.29, 0.717) is 0 Å². The maximum absolute atomic E-state index is 12.6. The fourth-order valence-electron chi connectivity index (χ4n) is 3.88. The van der Waals surface area contributed by atoms with Crippen LogP contribution in [0.1, 0.15) is 23.5 Å². The molecule has 2 unspecified atom stereocenters. The second kappa shape index (κ2) is 3.80. The molecule has 2 heterocycles. The molecule has 5 rings (SSSR count). The summed E-state index contributed by atoms with van der Waals surface area (Å²) in [6, 6.07) is 12.5. The third-order valence-corrected chi connectivity index (χ3v) is 5.14. The number of carbonyl (C=O) groups excluding carboxylic acids is 1. The first-order valence-corrected chi connectivity index (χ1v) is 7.54. The summed E-state index contributed by atoms with van der Waals surface area (Å²) >= 11 is 0. The van der Waals surface area contributed by atoms with Gasteiger partial charge in [0.1, 0.15) is 7.85 Å². The fourth-order valence-corrected chi connectivity index (χ4v) is 3.88. The number of anilines is 1. The van der Waals surface area contributed by atoms with Gasteiger partial charge in [0, 0.05) is 17.0 Å². The number of aromatic nitrogens is 2. The van der Waals surface area contributed by atoms with E-state index < -0.39 is 0 Å². The van der Waals surface area contributed by atoms with Crippen LogP contribution in [-0.2, 0) is 10.2 Å². The Kier molecular flexibility index (Phi) is 2.08. The molecule has 0 bridgehead atoms. The lowest BCUT2D eigenvalue weighted by molar-refractivity contribution is -0.118. The van der Waals surface area contributed by atoms with Crippen molar-refractivity contribution >= 4 is 35.8 Å². The van der Waals surface area contributed by atoms with Gasteiger partial charge in [-0.25, -0.2) is 0 Å². The summed E-state index contributed by atoms with van der Waals surface area (Å²) in [5.41, 5.74) is 5.20. The van der Waals surface area contributed by atoms with Gasteiger partial charge >= 0.3 is 0 Å². The average molecular weight is 287 g/mol. The van der Waals surface area contributed by atoms with Crippen LogP contribution in [0.15, 0.2) is 42.6 Å². The average Bonchev–Trinajstić information content (AvgIpc) is 2.99. The van der Waals surface area contributed by atoms with E-state index in [-0.39, 0.29) is 17.2 Å². The maximum Gasteiger partial charge on any atom is 0.235 e. The number of aromatic amines is 1. The molecule has 0 radical (unpaired) electrons. The Hall–Kier alpha value is -2.56. The summed E-state index contributed by atoms with van der Waals surface area (Å²) in [5.74, 6) is 0.394. The second-order valence-electron chi connectivity index (χ2n) is 6.45. The van der Waals surface area contributed by atoms with Gasteiger partial charge in [0.15, 0.2) is 0 Å². The number of H-pyrrole nitrogens is 1. The molecule has 2 N–H and O–H groups in total. The highest BCUT2D eigenvalue weighted by molar-refractivity contribution is 6.32. The first-order chi connectivity index (χ1) is 10.7. The molecule has 3 aromatic rings. The normalized spacial score (nSPS) is 25.5. The number of nitrogens with zero attached hydrogens (tertiary/aromatic N) is 1. The van der Waals surface area contributed by atoms with Crippen LogP contribution in [0, 0.1) is 0 Å². The standard InChI is InChI=1S/C17H14BN3O/c18-11-3-4-14-12(6-11)17(16(22)20-14)7-13(17)9-1-2-10-8-19-21-15(10)5-9/h1-6,8,13H,7,18H2,(H,19,21)(H,20,22). The van der Waals surface area contributed by atoms with E-state index in [4.69, 9.17) is 0 Å². The van der Waals surface area contributed by atoms with E-state index in [1.165, 1.54) is 11.0 Å². The zero-order chi connectivity index (χ0) is 14.9. The lowest BCUT2D eigenvalue weighted by atomic mass is 9.86. The number of nitrogens with one attached hydrogen (secondary N) is 2. The fraction of sp³-hybridized carbons (Fsp3) is 0.176. The Morgan fingerprint density at radius 2 is 2.14 bits per heavy atom. The molecule has 5 heteroatoms. The molecule has 2 aliphatic rings. The molecule has 2 atom stereocenters. The highest BCUT2D eigenvalue weighted by atomic mass is 16.2. The zero-order valence-corrected chi connectivity index (χ0v) is 12.2. The molecular formula is C17H14BN3O. The van der Waals surface area contributed by atoms with Crippen molar-refractivity contribution in [3.8, 4) is 0 Å². The quantitative estimate of drug-likeness (QED) is 0.661. The van der Waals surface area contributed by atoms with E-state index in [1.807, 2.05) is 18.3 Å². The van der Waals surface area contributed by atoms with Crippen molar-refractivity contribution in [2.75, 3.05) is 5.32 Å². The van der Waals surface area contributed by atoms with Crippen molar-refractivity contribution in [3.05, 3.63) is 53.7 Å². The monoisotopic (exact) mass is 287 g/mol. The van der Waals surface area contributed by atoms with Gasteiger partial charge in [0.05, 0.1) is 17.1 Å². The SMILES string of the molecule is Bc1ccc2c(c1)C1(CC1c1ccc3cn[nH]c3c1)C(=O)N2. The first kappa shape index (κ1) is 12.0. The third-order valence-electron chi connectivity index (χ3n) is 5.14. The van der Waals surface area contributed by atoms with Crippen molar-refractivity contribution in [2.24, 2.45) is 0 Å². The summed E-state index contributed by atoms with van der Waals surface area (Å²) in [6.07, 6.45) is 2.71. The molecule has 1 aromatic heterocycles. The summed E-state index contributed by atoms with van der Waals surface area (Å²) < 4.78 is 0. The van der Waals surface area contributed by atoms with Crippen LogP contribution in [0.4, 0.5) is 5.69 Å². The van der Waals surface area contributed by atoms with Crippen LogP contribution in [0.25, 0.3) is 10.9 Å². The predicted molar refractivity (Wildman–Crippen MR) is 88.4 cm³/mol. The topological polar surface area (TPSA) is 57.8 Å². The molecule has 106 valence electrons.